The quantitative estimate of drug-likeness (QED) is 0.800. The molecule has 0 bridgehead atoms. The Morgan fingerprint density at radius 1 is 1.17 bits per heavy atom. The van der Waals surface area contributed by atoms with Crippen molar-refractivity contribution >= 4 is 11.0 Å². The zero-order chi connectivity index (χ0) is 13.7. The fraction of sp³-hybridized carbons (Fsp3) is 0.273. The second kappa shape index (κ2) is 3.94. The van der Waals surface area contributed by atoms with Crippen molar-refractivity contribution in [2.24, 2.45) is 5.73 Å². The van der Waals surface area contributed by atoms with E-state index in [-0.39, 0.29) is 10.9 Å². The Bertz CT molecular complexity index is 601. The highest BCUT2D eigenvalue weighted by molar-refractivity contribution is 5.83. The smallest absolute Gasteiger partial charge is 0.410 e. The monoisotopic (exact) mass is 265 g/mol. The number of aryl methyl sites for hydroxylation is 1. The van der Waals surface area contributed by atoms with Crippen LogP contribution in [0.3, 0.4) is 0 Å². The van der Waals surface area contributed by atoms with E-state index in [2.05, 4.69) is 0 Å². The fourth-order valence-corrected chi connectivity index (χ4v) is 1.74. The molecule has 0 aliphatic heterocycles. The maximum atomic E-state index is 13.5. The van der Waals surface area contributed by atoms with Crippen molar-refractivity contribution in [2.45, 2.75) is 19.1 Å². The van der Waals surface area contributed by atoms with Crippen LogP contribution >= 0.6 is 0 Å². The number of furan rings is 1. The van der Waals surface area contributed by atoms with E-state index in [1.807, 2.05) is 0 Å². The molecule has 0 aliphatic carbocycles. The molecule has 18 heavy (non-hydrogen) atoms. The van der Waals surface area contributed by atoms with Gasteiger partial charge in [-0.3, -0.25) is 0 Å². The summed E-state index contributed by atoms with van der Waals surface area (Å²) in [6, 6.07) is -0.809. The van der Waals surface area contributed by atoms with E-state index in [0.717, 1.165) is 12.1 Å². The van der Waals surface area contributed by atoms with Crippen molar-refractivity contribution < 1.29 is 26.4 Å². The molecule has 98 valence electrons. The van der Waals surface area contributed by atoms with Crippen LogP contribution in [0, 0.1) is 18.6 Å². The van der Waals surface area contributed by atoms with Crippen molar-refractivity contribution in [1.82, 2.24) is 0 Å². The van der Waals surface area contributed by atoms with Gasteiger partial charge in [0.2, 0.25) is 0 Å². The topological polar surface area (TPSA) is 39.2 Å². The van der Waals surface area contributed by atoms with Gasteiger partial charge in [-0.1, -0.05) is 0 Å². The van der Waals surface area contributed by atoms with E-state index in [0.29, 0.717) is 0 Å². The van der Waals surface area contributed by atoms with E-state index in [1.54, 1.807) is 0 Å². The van der Waals surface area contributed by atoms with Crippen LogP contribution < -0.4 is 5.73 Å². The van der Waals surface area contributed by atoms with Gasteiger partial charge in [0, 0.05) is 5.56 Å². The molecule has 2 nitrogen and oxygen atoms in total. The summed E-state index contributed by atoms with van der Waals surface area (Å²) in [6.07, 6.45) is -4.74. The highest BCUT2D eigenvalue weighted by Gasteiger charge is 2.41. The van der Waals surface area contributed by atoms with E-state index >= 15 is 0 Å². The maximum absolute atomic E-state index is 13.5. The summed E-state index contributed by atoms with van der Waals surface area (Å²) in [5.74, 6) is -2.47. The third-order valence-corrected chi connectivity index (χ3v) is 2.65. The number of hydrogen-bond acceptors (Lipinski definition) is 2. The normalized spacial score (nSPS) is 14.2. The standard InChI is InChI=1S/C11H8F5NO/c1-4-7-5(12)2-3-6(13)9(7)18-8(4)10(17)11(14,15)16/h2-3,10H,17H2,1H3/t10-/m1/s1. The van der Waals surface area contributed by atoms with Crippen LogP contribution in [0.25, 0.3) is 11.0 Å². The first-order valence-corrected chi connectivity index (χ1v) is 4.92. The summed E-state index contributed by atoms with van der Waals surface area (Å²) >= 11 is 0. The summed E-state index contributed by atoms with van der Waals surface area (Å²) in [6.45, 7) is 1.20. The molecule has 7 heteroatoms. The number of alkyl halides is 3. The molecule has 2 rings (SSSR count). The van der Waals surface area contributed by atoms with Crippen molar-refractivity contribution in [3.8, 4) is 0 Å². The predicted octanol–water partition coefficient (Wildman–Crippen LogP) is 3.58. The highest BCUT2D eigenvalue weighted by atomic mass is 19.4. The van der Waals surface area contributed by atoms with Gasteiger partial charge in [-0.2, -0.15) is 13.2 Å². The summed E-state index contributed by atoms with van der Waals surface area (Å²) in [5, 5.41) is -0.315. The molecule has 0 amide bonds. The van der Waals surface area contributed by atoms with Gasteiger partial charge in [0.15, 0.2) is 17.4 Å². The Morgan fingerprint density at radius 3 is 2.22 bits per heavy atom. The minimum Gasteiger partial charge on any atom is -0.456 e. The van der Waals surface area contributed by atoms with Gasteiger partial charge in [-0.25, -0.2) is 8.78 Å². The Morgan fingerprint density at radius 2 is 1.72 bits per heavy atom. The molecule has 0 radical (unpaired) electrons. The van der Waals surface area contributed by atoms with Crippen LogP contribution in [-0.4, -0.2) is 6.18 Å². The summed E-state index contributed by atoms with van der Waals surface area (Å²) in [5.41, 5.74) is 4.27. The second-order valence-corrected chi connectivity index (χ2v) is 3.84. The Labute approximate surface area is 98.2 Å². The second-order valence-electron chi connectivity index (χ2n) is 3.84. The summed E-state index contributed by atoms with van der Waals surface area (Å²) in [4.78, 5) is 0. The van der Waals surface area contributed by atoms with Crippen molar-refractivity contribution in [2.75, 3.05) is 0 Å². The molecule has 1 aromatic heterocycles. The van der Waals surface area contributed by atoms with Crippen LogP contribution in [0.5, 0.6) is 0 Å². The zero-order valence-corrected chi connectivity index (χ0v) is 9.11. The van der Waals surface area contributed by atoms with Gasteiger partial charge in [0.1, 0.15) is 11.6 Å². The van der Waals surface area contributed by atoms with E-state index in [9.17, 15) is 22.0 Å². The molecular weight excluding hydrogens is 257 g/mol. The average Bonchev–Trinajstić information content (AvgIpc) is 2.61. The Kier molecular flexibility index (Phi) is 2.81. The van der Waals surface area contributed by atoms with Crippen molar-refractivity contribution in [3.05, 3.63) is 35.1 Å². The number of nitrogens with two attached hydrogens (primary N) is 1. The van der Waals surface area contributed by atoms with Gasteiger partial charge in [-0.05, 0) is 19.1 Å². The molecule has 2 N–H and O–H groups in total. The molecule has 0 aliphatic rings. The molecule has 1 heterocycles. The Balaban J connectivity index is 2.72. The highest BCUT2D eigenvalue weighted by Crippen LogP contribution is 2.38. The maximum Gasteiger partial charge on any atom is 0.410 e. The average molecular weight is 265 g/mol. The SMILES string of the molecule is Cc1c([C@@H](N)C(F)(F)F)oc2c(F)ccc(F)c12. The lowest BCUT2D eigenvalue weighted by atomic mass is 10.1. The number of rotatable bonds is 1. The molecule has 0 saturated carbocycles. The van der Waals surface area contributed by atoms with Gasteiger partial charge < -0.3 is 10.2 Å². The van der Waals surface area contributed by atoms with Crippen LogP contribution in [0.15, 0.2) is 16.5 Å². The van der Waals surface area contributed by atoms with E-state index in [1.165, 1.54) is 6.92 Å². The van der Waals surface area contributed by atoms with Crippen molar-refractivity contribution in [1.29, 1.82) is 0 Å². The van der Waals surface area contributed by atoms with Gasteiger partial charge in [0.05, 0.1) is 5.39 Å². The zero-order valence-electron chi connectivity index (χ0n) is 9.11. The van der Waals surface area contributed by atoms with Crippen molar-refractivity contribution in [3.63, 3.8) is 0 Å². The molecule has 1 aromatic carbocycles. The van der Waals surface area contributed by atoms with Crippen LogP contribution in [0.1, 0.15) is 17.4 Å². The van der Waals surface area contributed by atoms with Crippen LogP contribution in [-0.2, 0) is 0 Å². The first-order valence-electron chi connectivity index (χ1n) is 4.92. The lowest BCUT2D eigenvalue weighted by molar-refractivity contribution is -0.152. The number of benzene rings is 1. The first-order chi connectivity index (χ1) is 8.23. The number of fused-ring (bicyclic) bond motifs is 1. The molecular formula is C11H8F5NO. The lowest BCUT2D eigenvalue weighted by Crippen LogP contribution is -2.28. The molecule has 2 aromatic rings. The number of halogens is 5. The Hall–Kier alpha value is -1.63. The minimum atomic E-state index is -4.74. The first kappa shape index (κ1) is 12.8. The summed E-state index contributed by atoms with van der Waals surface area (Å²) in [7, 11) is 0. The molecule has 0 spiro atoms. The van der Waals surface area contributed by atoms with E-state index in [4.69, 9.17) is 10.2 Å². The third kappa shape index (κ3) is 1.84. The summed E-state index contributed by atoms with van der Waals surface area (Å²) < 4.78 is 68.9. The molecule has 0 fully saturated rings. The van der Waals surface area contributed by atoms with Gasteiger partial charge in [-0.15, -0.1) is 0 Å². The molecule has 1 atom stereocenters. The predicted molar refractivity (Wildman–Crippen MR) is 53.9 cm³/mol. The van der Waals surface area contributed by atoms with E-state index < -0.39 is 35.2 Å². The number of hydrogen-bond donors (Lipinski definition) is 1. The lowest BCUT2D eigenvalue weighted by Gasteiger charge is -2.13. The minimum absolute atomic E-state index is 0.146. The third-order valence-electron chi connectivity index (χ3n) is 2.65. The van der Waals surface area contributed by atoms with Gasteiger partial charge >= 0.3 is 6.18 Å². The fourth-order valence-electron chi connectivity index (χ4n) is 1.74. The van der Waals surface area contributed by atoms with Crippen LogP contribution in [0.4, 0.5) is 22.0 Å². The largest absolute Gasteiger partial charge is 0.456 e. The van der Waals surface area contributed by atoms with Crippen LogP contribution in [0.2, 0.25) is 0 Å². The molecule has 0 unspecified atom stereocenters. The molecule has 0 saturated heterocycles. The van der Waals surface area contributed by atoms with Gasteiger partial charge in [0.25, 0.3) is 0 Å².